The van der Waals surface area contributed by atoms with Gasteiger partial charge in [-0.15, -0.1) is 0 Å². The van der Waals surface area contributed by atoms with Gasteiger partial charge in [-0.25, -0.2) is 39.9 Å². The molecule has 0 bridgehead atoms. The molecule has 25 heteroatoms. The summed E-state index contributed by atoms with van der Waals surface area (Å²) in [6.07, 6.45) is 30.6. The Labute approximate surface area is 665 Å². The number of para-hydroxylation sites is 4. The summed E-state index contributed by atoms with van der Waals surface area (Å²) in [4.78, 5) is 74.8. The Hall–Kier alpha value is -3.95. The first-order chi connectivity index (χ1) is 42.5. The number of imidazole rings is 2. The smallest absolute Gasteiger partial charge is 1.00 e. The average molecular weight is 1610 g/mol. The molecule has 6 heterocycles. The van der Waals surface area contributed by atoms with E-state index in [2.05, 4.69) is 123 Å². The van der Waals surface area contributed by atoms with Crippen molar-refractivity contribution in [2.24, 2.45) is 0 Å². The summed E-state index contributed by atoms with van der Waals surface area (Å²) in [5.74, 6) is 1.58. The van der Waals surface area contributed by atoms with Gasteiger partial charge in [-0.1, -0.05) is 65.7 Å². The van der Waals surface area contributed by atoms with Crippen molar-refractivity contribution in [1.82, 2.24) is 49.8 Å². The number of aromatic nitrogens is 10. The fourth-order valence-electron chi connectivity index (χ4n) is 9.48. The Kier molecular flexibility index (Phi) is 31.5. The molecule has 9 aromatic rings. The Bertz CT molecular complexity index is 3820. The van der Waals surface area contributed by atoms with Gasteiger partial charge >= 0.3 is 145 Å². The van der Waals surface area contributed by atoms with Crippen LogP contribution in [0.3, 0.4) is 0 Å². The fraction of sp³-hybridized carbons (Fsp3) is 0.277. The first kappa shape index (κ1) is 75.1. The van der Waals surface area contributed by atoms with E-state index in [0.717, 1.165) is 68.9 Å². The molecule has 1 fully saturated rings. The van der Waals surface area contributed by atoms with Gasteiger partial charge < -0.3 is 40.7 Å². The molecule has 0 radical (unpaired) electrons. The molecule has 0 saturated carbocycles. The average Bonchev–Trinajstić information content (AvgIpc) is 1.81. The van der Waals surface area contributed by atoms with Gasteiger partial charge in [-0.3, -0.25) is 14.4 Å². The molecule has 3 N–H and O–H groups in total. The monoisotopic (exact) mass is 1600 g/mol. The van der Waals surface area contributed by atoms with Crippen LogP contribution in [-0.4, -0.2) is 91.3 Å². The molecule has 19 nitrogen and oxygen atoms in total. The van der Waals surface area contributed by atoms with Gasteiger partial charge in [0.2, 0.25) is 17.4 Å². The molecule has 4 aromatic carbocycles. The Morgan fingerprint density at radius 1 is 0.633 bits per heavy atom. The van der Waals surface area contributed by atoms with Gasteiger partial charge in [-0.05, 0) is 217 Å². The number of hydrogen-bond donors (Lipinski definition) is 3. The summed E-state index contributed by atoms with van der Waals surface area (Å²) in [6, 6.07) is 28.2. The van der Waals surface area contributed by atoms with Crippen LogP contribution in [0.15, 0.2) is 158 Å². The van der Waals surface area contributed by atoms with E-state index in [1.54, 1.807) is 55.0 Å². The number of phenols is 1. The van der Waals surface area contributed by atoms with Gasteiger partial charge in [0.15, 0.2) is 11.6 Å². The number of ketones is 2. The van der Waals surface area contributed by atoms with Crippen molar-refractivity contribution >= 4 is 104 Å². The van der Waals surface area contributed by atoms with E-state index < -0.39 is 0 Å². The predicted octanol–water partition coefficient (Wildman–Crippen LogP) is 8.33. The van der Waals surface area contributed by atoms with Crippen LogP contribution in [-0.2, 0) is 19.0 Å². The second-order valence-electron chi connectivity index (χ2n) is 21.4. The zero-order valence-corrected chi connectivity index (χ0v) is 67.2. The number of allylic oxidation sites excluding steroid dienone is 6. The maximum atomic E-state index is 12.8. The number of fused-ring (bicyclic) bond motifs is 2. The molecular formula is C65H66BCl2Cs2IN10O9. The zero-order chi connectivity index (χ0) is 62.5. The van der Waals surface area contributed by atoms with Gasteiger partial charge in [0.25, 0.3) is 6.47 Å². The van der Waals surface area contributed by atoms with Gasteiger partial charge in [0.1, 0.15) is 40.8 Å². The summed E-state index contributed by atoms with van der Waals surface area (Å²) in [7, 11) is -0.102. The van der Waals surface area contributed by atoms with Crippen LogP contribution >= 0.6 is 45.8 Å². The van der Waals surface area contributed by atoms with Crippen LogP contribution in [0, 0.1) is 3.57 Å². The number of aromatic amines is 2. The van der Waals surface area contributed by atoms with E-state index in [1.165, 1.54) is 92.7 Å². The van der Waals surface area contributed by atoms with Crippen LogP contribution in [0.25, 0.3) is 33.2 Å². The molecule has 3 aliphatic carbocycles. The number of nitrogens with one attached hydrogen (secondary N) is 2. The third-order valence-electron chi connectivity index (χ3n) is 14.8. The first-order valence-electron chi connectivity index (χ1n) is 28.6. The maximum Gasteiger partial charge on any atom is 1.00 e. The number of rotatable bonds is 10. The Morgan fingerprint density at radius 2 is 1.09 bits per heavy atom. The van der Waals surface area contributed by atoms with Crippen molar-refractivity contribution in [3.63, 3.8) is 0 Å². The second-order valence-corrected chi connectivity index (χ2v) is 23.3. The van der Waals surface area contributed by atoms with E-state index in [9.17, 15) is 14.7 Å². The largest absolute Gasteiger partial charge is 1.00 e. The molecule has 456 valence electrons. The summed E-state index contributed by atoms with van der Waals surface area (Å²) in [6.45, 7) is 8.25. The van der Waals surface area contributed by atoms with Crippen molar-refractivity contribution in [2.75, 3.05) is 0 Å². The molecule has 13 rings (SSSR count). The van der Waals surface area contributed by atoms with Crippen LogP contribution in [0.5, 0.6) is 17.4 Å². The van der Waals surface area contributed by atoms with Crippen molar-refractivity contribution in [3.8, 4) is 17.4 Å². The number of halogens is 3. The van der Waals surface area contributed by atoms with Crippen molar-refractivity contribution in [2.45, 2.75) is 116 Å². The van der Waals surface area contributed by atoms with E-state index >= 15 is 0 Å². The molecule has 0 atom stereocenters. The quantitative estimate of drug-likeness (QED) is 0.0221. The molecule has 1 saturated heterocycles. The Balaban J connectivity index is 0.000000214. The predicted molar refractivity (Wildman–Crippen MR) is 346 cm³/mol. The van der Waals surface area contributed by atoms with Crippen LogP contribution < -0.4 is 148 Å². The summed E-state index contributed by atoms with van der Waals surface area (Å²) >= 11 is 13.6. The summed E-state index contributed by atoms with van der Waals surface area (Å²) in [5.41, 5.74) is 9.66. The molecular weight excluding hydrogens is 1540 g/mol. The number of H-pyrrole nitrogens is 2. The summed E-state index contributed by atoms with van der Waals surface area (Å²) in [5, 5.41) is 18.7. The fourth-order valence-corrected chi connectivity index (χ4v) is 10.1. The number of benzene rings is 4. The second kappa shape index (κ2) is 37.8. The van der Waals surface area contributed by atoms with E-state index in [-0.39, 0.29) is 181 Å². The number of carbonyl (C=O) groups is 3. The van der Waals surface area contributed by atoms with Crippen molar-refractivity contribution in [3.05, 3.63) is 206 Å². The third kappa shape index (κ3) is 21.8. The molecule has 0 spiro atoms. The van der Waals surface area contributed by atoms with E-state index in [4.69, 9.17) is 47.3 Å². The van der Waals surface area contributed by atoms with Gasteiger partial charge in [-0.2, -0.15) is 0 Å². The number of ether oxygens (including phenoxy) is 1. The topological polar surface area (TPSA) is 266 Å². The molecule has 5 aromatic heterocycles. The molecule has 1 aliphatic heterocycles. The molecule has 0 amide bonds. The maximum absolute atomic E-state index is 12.8. The minimum absolute atomic E-state index is 0. The zero-order valence-electron chi connectivity index (χ0n) is 52.0. The molecule has 90 heavy (non-hydrogen) atoms. The normalized spacial score (nSPS) is 15.1. The van der Waals surface area contributed by atoms with Crippen LogP contribution in [0.2, 0.25) is 10.3 Å². The van der Waals surface area contributed by atoms with E-state index in [0.29, 0.717) is 44.7 Å². The Morgan fingerprint density at radius 3 is 1.53 bits per heavy atom. The van der Waals surface area contributed by atoms with Gasteiger partial charge in [0, 0.05) is 35.3 Å². The van der Waals surface area contributed by atoms with Gasteiger partial charge in [0.05, 0.1) is 42.4 Å². The number of carbonyl (C=O) groups excluding carboxylic acids is 3. The molecule has 4 aliphatic rings. The van der Waals surface area contributed by atoms with Crippen LogP contribution in [0.4, 0.5) is 0 Å². The standard InChI is InChI=1S/C24H20N4O2.C14H10N2O2.C12H21BO2.C10H11ClN2.C4H2ClIN2.CH2O3.2Cs.H/c29-22(23-27-20-8-4-5-9-21(20)28-23)17-10-12-18(13-11-17)30-24-19(14-25-15-26-24)16-6-2-1-3-7-16;17-10-7-5-9(6-8-10)13(18)14-15-11-3-1-2-4-12(11)16-14;1-11(2)12(3,4)15-13(14-11)10-8-6-5-7-9-10;11-10-9(6-12-7-13-10)8-4-2-1-3-5-8;5-4-3(6)1-7-2-8-4;2-1-4-3;;;/h4-6,8-15H,1-3,7H2,(H,27,28);1-8,17H,(H,15,16);8H,5-7,9H2,1-4H3;4,6-7H,1-3,5H2;1-2H;1,3H;;;/q;;;;;;2*+1;-1/p-1. The number of aromatic hydroxyl groups is 1. The summed E-state index contributed by atoms with van der Waals surface area (Å²) < 4.78 is 18.9. The minimum atomic E-state index is -0.198. The van der Waals surface area contributed by atoms with Crippen molar-refractivity contribution < 1.29 is 183 Å². The molecule has 0 unspecified atom stereocenters. The number of nitrogens with zero attached hydrogens (tertiary/aromatic N) is 8. The van der Waals surface area contributed by atoms with Crippen molar-refractivity contribution in [1.29, 1.82) is 0 Å². The van der Waals surface area contributed by atoms with E-state index in [1.807, 2.05) is 48.5 Å². The third-order valence-corrected chi connectivity index (χ3v) is 16.5. The van der Waals surface area contributed by atoms with Crippen LogP contribution in [0.1, 0.15) is 150 Å². The first-order valence-corrected chi connectivity index (χ1v) is 30.5. The number of hydrogen-bond acceptors (Lipinski definition) is 17. The SMILES string of the molecule is CC1(C)OB(C2=CCCCC2)OC1(C)C.Clc1ncncc1C1=CCCCC1.Clc1ncncc1I.O=C(c1ccc(O)cc1)c1nc2ccccc2[nH]1.O=C(c1ccc(Oc2ncncc2C2=CCCCC2)cc1)c1nc2ccccc2[nH]1.O=CO[O-].[Cs+].[Cs+].[H-]. The number of phenolic OH excluding ortho intramolecular Hbond substituents is 1. The minimum Gasteiger partial charge on any atom is -1.00 e.